The Balaban J connectivity index is 1.69. The molecule has 0 aromatic carbocycles. The van der Waals surface area contributed by atoms with E-state index >= 15 is 0 Å². The Bertz CT molecular complexity index is 402. The summed E-state index contributed by atoms with van der Waals surface area (Å²) < 4.78 is 0. The molecule has 116 valence electrons. The van der Waals surface area contributed by atoms with Crippen LogP contribution in [0.4, 0.5) is 0 Å². The van der Waals surface area contributed by atoms with E-state index in [1.165, 1.54) is 19.3 Å². The lowest BCUT2D eigenvalue weighted by atomic mass is 9.87. The maximum absolute atomic E-state index is 12.4. The van der Waals surface area contributed by atoms with Gasteiger partial charge in [-0.2, -0.15) is 5.26 Å². The van der Waals surface area contributed by atoms with Crippen molar-refractivity contribution in [2.24, 2.45) is 11.8 Å². The van der Waals surface area contributed by atoms with Gasteiger partial charge in [0.05, 0.1) is 6.07 Å². The average molecular weight is 291 g/mol. The number of rotatable bonds is 4. The maximum Gasteiger partial charge on any atom is 0.234 e. The number of piperidine rings is 1. The Kier molecular flexibility index (Phi) is 6.04. The molecule has 1 heterocycles. The molecular formula is C16H25N3O2. The van der Waals surface area contributed by atoms with Crippen LogP contribution < -0.4 is 5.32 Å². The SMILES string of the molecule is N#CCC(=O)NCC1CCN(C(=O)C2CCCCC2)CC1. The molecule has 5 heteroatoms. The van der Waals surface area contributed by atoms with Gasteiger partial charge >= 0.3 is 0 Å². The quantitative estimate of drug-likeness (QED) is 0.859. The van der Waals surface area contributed by atoms with Gasteiger partial charge in [0, 0.05) is 25.6 Å². The predicted molar refractivity (Wildman–Crippen MR) is 79.1 cm³/mol. The van der Waals surface area contributed by atoms with Crippen LogP contribution in [0, 0.1) is 23.2 Å². The molecule has 0 aromatic rings. The van der Waals surface area contributed by atoms with Crippen molar-refractivity contribution in [2.75, 3.05) is 19.6 Å². The van der Waals surface area contributed by atoms with Crippen LogP contribution >= 0.6 is 0 Å². The molecule has 0 bridgehead atoms. The van der Waals surface area contributed by atoms with Crippen LogP contribution in [0.2, 0.25) is 0 Å². The Labute approximate surface area is 126 Å². The highest BCUT2D eigenvalue weighted by Gasteiger charge is 2.29. The minimum atomic E-state index is -0.196. The van der Waals surface area contributed by atoms with E-state index in [0.717, 1.165) is 38.8 Å². The zero-order valence-electron chi connectivity index (χ0n) is 12.6. The van der Waals surface area contributed by atoms with Crippen molar-refractivity contribution in [1.29, 1.82) is 5.26 Å². The molecule has 5 nitrogen and oxygen atoms in total. The van der Waals surface area contributed by atoms with Crippen LogP contribution in [0.25, 0.3) is 0 Å². The summed E-state index contributed by atoms with van der Waals surface area (Å²) in [5, 5.41) is 11.2. The third-order valence-corrected chi connectivity index (χ3v) is 4.71. The molecule has 1 N–H and O–H groups in total. The molecule has 0 atom stereocenters. The number of amides is 2. The molecule has 2 fully saturated rings. The first-order chi connectivity index (χ1) is 10.2. The molecule has 1 saturated heterocycles. The van der Waals surface area contributed by atoms with Gasteiger partial charge in [0.15, 0.2) is 0 Å². The summed E-state index contributed by atoms with van der Waals surface area (Å²) in [5.74, 6) is 0.841. The lowest BCUT2D eigenvalue weighted by Gasteiger charge is -2.35. The summed E-state index contributed by atoms with van der Waals surface area (Å²) in [4.78, 5) is 25.7. The van der Waals surface area contributed by atoms with E-state index in [1.807, 2.05) is 11.0 Å². The van der Waals surface area contributed by atoms with E-state index < -0.39 is 0 Å². The second-order valence-electron chi connectivity index (χ2n) is 6.24. The minimum Gasteiger partial charge on any atom is -0.355 e. The summed E-state index contributed by atoms with van der Waals surface area (Å²) >= 11 is 0. The zero-order valence-corrected chi connectivity index (χ0v) is 12.6. The van der Waals surface area contributed by atoms with Crippen molar-refractivity contribution >= 4 is 11.8 Å². The molecule has 0 radical (unpaired) electrons. The number of hydrogen-bond acceptors (Lipinski definition) is 3. The van der Waals surface area contributed by atoms with Crippen LogP contribution in [0.5, 0.6) is 0 Å². The lowest BCUT2D eigenvalue weighted by Crippen LogP contribution is -2.44. The number of likely N-dealkylation sites (tertiary alicyclic amines) is 1. The maximum atomic E-state index is 12.4. The summed E-state index contributed by atoms with van der Waals surface area (Å²) in [6, 6.07) is 1.85. The normalized spacial score (nSPS) is 20.8. The van der Waals surface area contributed by atoms with E-state index in [0.29, 0.717) is 18.4 Å². The molecule has 0 aromatic heterocycles. The fourth-order valence-electron chi connectivity index (χ4n) is 3.36. The minimum absolute atomic E-state index is 0.0704. The van der Waals surface area contributed by atoms with Crippen molar-refractivity contribution in [2.45, 2.75) is 51.4 Å². The predicted octanol–water partition coefficient (Wildman–Crippen LogP) is 1.84. The van der Waals surface area contributed by atoms with Gasteiger partial charge in [-0.3, -0.25) is 9.59 Å². The molecule has 21 heavy (non-hydrogen) atoms. The van der Waals surface area contributed by atoms with Crippen LogP contribution in [0.1, 0.15) is 51.4 Å². The van der Waals surface area contributed by atoms with Crippen molar-refractivity contribution in [1.82, 2.24) is 10.2 Å². The van der Waals surface area contributed by atoms with Gasteiger partial charge < -0.3 is 10.2 Å². The Hall–Kier alpha value is -1.57. The van der Waals surface area contributed by atoms with Crippen LogP contribution in [0.3, 0.4) is 0 Å². The first-order valence-electron chi connectivity index (χ1n) is 8.13. The Morgan fingerprint density at radius 2 is 1.76 bits per heavy atom. The Morgan fingerprint density at radius 3 is 2.38 bits per heavy atom. The second kappa shape index (κ2) is 8.02. The highest BCUT2D eigenvalue weighted by molar-refractivity contribution is 5.79. The summed E-state index contributed by atoms with van der Waals surface area (Å²) in [6.45, 7) is 2.26. The fraction of sp³-hybridized carbons (Fsp3) is 0.812. The van der Waals surface area contributed by atoms with E-state index in [2.05, 4.69) is 5.32 Å². The molecule has 0 spiro atoms. The van der Waals surface area contributed by atoms with Crippen molar-refractivity contribution < 1.29 is 9.59 Å². The first kappa shape index (κ1) is 15.8. The van der Waals surface area contributed by atoms with Crippen LogP contribution in [-0.4, -0.2) is 36.3 Å². The summed E-state index contributed by atoms with van der Waals surface area (Å²) in [6.07, 6.45) is 7.60. The number of carbonyl (C=O) groups excluding carboxylic acids is 2. The summed E-state index contributed by atoms with van der Waals surface area (Å²) in [7, 11) is 0. The monoisotopic (exact) mass is 291 g/mol. The van der Waals surface area contributed by atoms with Gasteiger partial charge in [0.25, 0.3) is 0 Å². The van der Waals surface area contributed by atoms with E-state index in [1.54, 1.807) is 0 Å². The largest absolute Gasteiger partial charge is 0.355 e. The van der Waals surface area contributed by atoms with Gasteiger partial charge in [0.2, 0.25) is 11.8 Å². The third-order valence-electron chi connectivity index (χ3n) is 4.71. The number of nitrogens with zero attached hydrogens (tertiary/aromatic N) is 2. The highest BCUT2D eigenvalue weighted by atomic mass is 16.2. The van der Waals surface area contributed by atoms with Crippen LogP contribution in [0.15, 0.2) is 0 Å². The highest BCUT2D eigenvalue weighted by Crippen LogP contribution is 2.27. The molecule has 1 saturated carbocycles. The molecule has 2 rings (SSSR count). The van der Waals surface area contributed by atoms with Crippen molar-refractivity contribution in [3.63, 3.8) is 0 Å². The van der Waals surface area contributed by atoms with Gasteiger partial charge in [0.1, 0.15) is 6.42 Å². The molecular weight excluding hydrogens is 266 g/mol. The van der Waals surface area contributed by atoms with Gasteiger partial charge in [-0.05, 0) is 31.6 Å². The number of nitrogens with one attached hydrogen (secondary N) is 1. The molecule has 0 unspecified atom stereocenters. The van der Waals surface area contributed by atoms with Crippen molar-refractivity contribution in [3.8, 4) is 6.07 Å². The third kappa shape index (κ3) is 4.73. The first-order valence-corrected chi connectivity index (χ1v) is 8.13. The molecule has 1 aliphatic heterocycles. The Morgan fingerprint density at radius 1 is 1.10 bits per heavy atom. The molecule has 2 aliphatic rings. The standard InChI is InChI=1S/C16H25N3O2/c17-9-6-15(20)18-12-13-7-10-19(11-8-13)16(21)14-4-2-1-3-5-14/h13-14H,1-8,10-12H2,(H,18,20). The topological polar surface area (TPSA) is 73.2 Å². The number of nitriles is 1. The van der Waals surface area contributed by atoms with E-state index in [4.69, 9.17) is 5.26 Å². The lowest BCUT2D eigenvalue weighted by molar-refractivity contribution is -0.138. The van der Waals surface area contributed by atoms with E-state index in [9.17, 15) is 9.59 Å². The molecule has 1 aliphatic carbocycles. The number of hydrogen-bond donors (Lipinski definition) is 1. The molecule has 2 amide bonds. The van der Waals surface area contributed by atoms with Gasteiger partial charge in [-0.15, -0.1) is 0 Å². The summed E-state index contributed by atoms with van der Waals surface area (Å²) in [5.41, 5.74) is 0. The van der Waals surface area contributed by atoms with E-state index in [-0.39, 0.29) is 18.2 Å². The number of carbonyl (C=O) groups is 2. The fourth-order valence-corrected chi connectivity index (χ4v) is 3.36. The second-order valence-corrected chi connectivity index (χ2v) is 6.24. The average Bonchev–Trinajstić information content (AvgIpc) is 2.54. The smallest absolute Gasteiger partial charge is 0.234 e. The van der Waals surface area contributed by atoms with Crippen molar-refractivity contribution in [3.05, 3.63) is 0 Å². The zero-order chi connectivity index (χ0) is 15.1. The van der Waals surface area contributed by atoms with Gasteiger partial charge in [-0.25, -0.2) is 0 Å². The van der Waals surface area contributed by atoms with Crippen LogP contribution in [-0.2, 0) is 9.59 Å². The van der Waals surface area contributed by atoms with Gasteiger partial charge in [-0.1, -0.05) is 19.3 Å².